The molecule has 0 aromatic heterocycles. The van der Waals surface area contributed by atoms with Gasteiger partial charge in [-0.3, -0.25) is 4.79 Å². The highest BCUT2D eigenvalue weighted by Gasteiger charge is 2.17. The van der Waals surface area contributed by atoms with Crippen LogP contribution < -0.4 is 5.32 Å². The second kappa shape index (κ2) is 7.04. The van der Waals surface area contributed by atoms with Crippen molar-refractivity contribution in [3.63, 3.8) is 0 Å². The lowest BCUT2D eigenvalue weighted by Gasteiger charge is -2.10. The number of carboxylic acids is 1. The summed E-state index contributed by atoms with van der Waals surface area (Å²) in [7, 11) is 0. The molecule has 2 aromatic carbocycles. The Morgan fingerprint density at radius 3 is 2.27 bits per heavy atom. The Kier molecular flexibility index (Phi) is 5.55. The van der Waals surface area contributed by atoms with Crippen LogP contribution in [0.5, 0.6) is 0 Å². The van der Waals surface area contributed by atoms with Gasteiger partial charge in [-0.15, -0.1) is 0 Å². The van der Waals surface area contributed by atoms with E-state index in [0.717, 1.165) is 3.57 Å². The SMILES string of the molecule is O=C(O)c1cc(NC(=O)c2cc(I)ccc2Cl)c(Cl)cc1Cl. The van der Waals surface area contributed by atoms with Gasteiger partial charge >= 0.3 is 5.97 Å². The Morgan fingerprint density at radius 2 is 1.64 bits per heavy atom. The summed E-state index contributed by atoms with van der Waals surface area (Å²) in [6, 6.07) is 7.44. The lowest BCUT2D eigenvalue weighted by molar-refractivity contribution is 0.0696. The van der Waals surface area contributed by atoms with Gasteiger partial charge in [-0.1, -0.05) is 34.8 Å². The number of aromatic carboxylic acids is 1. The first-order valence-electron chi connectivity index (χ1n) is 5.78. The van der Waals surface area contributed by atoms with Crippen LogP contribution in [0.4, 0.5) is 5.69 Å². The van der Waals surface area contributed by atoms with Crippen molar-refractivity contribution in [2.45, 2.75) is 0 Å². The highest BCUT2D eigenvalue weighted by atomic mass is 127. The number of hydrogen-bond donors (Lipinski definition) is 2. The Balaban J connectivity index is 2.38. The standard InChI is InChI=1S/C14H7Cl3INO3/c15-9-2-1-6(18)3-7(9)13(20)19-12-4-8(14(21)22)10(16)5-11(12)17/h1-5H,(H,19,20)(H,21,22). The zero-order valence-electron chi connectivity index (χ0n) is 10.7. The van der Waals surface area contributed by atoms with Gasteiger partial charge in [0.05, 0.1) is 31.9 Å². The van der Waals surface area contributed by atoms with Crippen molar-refractivity contribution in [3.05, 3.63) is 60.1 Å². The van der Waals surface area contributed by atoms with E-state index in [1.165, 1.54) is 12.1 Å². The molecule has 0 heterocycles. The van der Waals surface area contributed by atoms with Gasteiger partial charge in [0.25, 0.3) is 5.91 Å². The van der Waals surface area contributed by atoms with Crippen LogP contribution in [-0.4, -0.2) is 17.0 Å². The average molecular weight is 470 g/mol. The molecule has 0 spiro atoms. The molecule has 0 radical (unpaired) electrons. The van der Waals surface area contributed by atoms with Gasteiger partial charge < -0.3 is 10.4 Å². The number of rotatable bonds is 3. The van der Waals surface area contributed by atoms with Gasteiger partial charge in [0.15, 0.2) is 0 Å². The third-order valence-electron chi connectivity index (χ3n) is 2.71. The molecule has 0 fully saturated rings. The van der Waals surface area contributed by atoms with E-state index in [-0.39, 0.29) is 31.9 Å². The van der Waals surface area contributed by atoms with Crippen molar-refractivity contribution in [1.82, 2.24) is 0 Å². The molecule has 0 saturated carbocycles. The predicted molar refractivity (Wildman–Crippen MR) is 95.5 cm³/mol. The molecular weight excluding hydrogens is 463 g/mol. The molecule has 22 heavy (non-hydrogen) atoms. The molecule has 0 atom stereocenters. The molecule has 114 valence electrons. The highest BCUT2D eigenvalue weighted by Crippen LogP contribution is 2.30. The van der Waals surface area contributed by atoms with E-state index in [9.17, 15) is 9.59 Å². The minimum atomic E-state index is -1.22. The predicted octanol–water partition coefficient (Wildman–Crippen LogP) is 5.20. The van der Waals surface area contributed by atoms with Crippen LogP contribution in [0.2, 0.25) is 15.1 Å². The largest absolute Gasteiger partial charge is 0.478 e. The van der Waals surface area contributed by atoms with Crippen LogP contribution in [0.1, 0.15) is 20.7 Å². The minimum Gasteiger partial charge on any atom is -0.478 e. The lowest BCUT2D eigenvalue weighted by Crippen LogP contribution is -2.14. The molecule has 0 unspecified atom stereocenters. The molecule has 0 aliphatic rings. The molecule has 4 nitrogen and oxygen atoms in total. The van der Waals surface area contributed by atoms with Crippen LogP contribution >= 0.6 is 57.4 Å². The monoisotopic (exact) mass is 469 g/mol. The number of anilines is 1. The zero-order chi connectivity index (χ0) is 16.4. The maximum atomic E-state index is 12.3. The average Bonchev–Trinajstić information content (AvgIpc) is 2.43. The minimum absolute atomic E-state index is 0.0113. The number of carbonyl (C=O) groups is 2. The van der Waals surface area contributed by atoms with Crippen molar-refractivity contribution < 1.29 is 14.7 Å². The summed E-state index contributed by atoms with van der Waals surface area (Å²) in [4.78, 5) is 23.3. The number of benzene rings is 2. The third kappa shape index (κ3) is 3.84. The van der Waals surface area contributed by atoms with Crippen molar-refractivity contribution in [1.29, 1.82) is 0 Å². The van der Waals surface area contributed by atoms with E-state index < -0.39 is 11.9 Å². The van der Waals surface area contributed by atoms with Crippen LogP contribution in [0.15, 0.2) is 30.3 Å². The summed E-state index contributed by atoms with van der Waals surface area (Å²) in [5.41, 5.74) is 0.245. The van der Waals surface area contributed by atoms with Gasteiger partial charge in [-0.05, 0) is 52.9 Å². The van der Waals surface area contributed by atoms with E-state index in [2.05, 4.69) is 27.9 Å². The number of amides is 1. The number of nitrogens with one attached hydrogen (secondary N) is 1. The van der Waals surface area contributed by atoms with Crippen LogP contribution in [0, 0.1) is 3.57 Å². The fourth-order valence-corrected chi connectivity index (χ4v) is 2.88. The fourth-order valence-electron chi connectivity index (χ4n) is 1.67. The molecular formula is C14H7Cl3INO3. The molecule has 2 N–H and O–H groups in total. The normalized spacial score (nSPS) is 10.4. The maximum Gasteiger partial charge on any atom is 0.337 e. The first-order chi connectivity index (χ1) is 10.3. The first kappa shape index (κ1) is 17.3. The summed E-state index contributed by atoms with van der Waals surface area (Å²) >= 11 is 19.8. The number of hydrogen-bond acceptors (Lipinski definition) is 2. The van der Waals surface area contributed by atoms with Crippen molar-refractivity contribution in [2.75, 3.05) is 5.32 Å². The van der Waals surface area contributed by atoms with E-state index in [1.54, 1.807) is 18.2 Å². The number of halogens is 4. The maximum absolute atomic E-state index is 12.3. The number of carboxylic acid groups (broad SMARTS) is 1. The molecule has 1 amide bonds. The molecule has 0 aliphatic carbocycles. The smallest absolute Gasteiger partial charge is 0.337 e. The van der Waals surface area contributed by atoms with Crippen LogP contribution in [0.3, 0.4) is 0 Å². The van der Waals surface area contributed by atoms with E-state index in [4.69, 9.17) is 39.9 Å². The highest BCUT2D eigenvalue weighted by molar-refractivity contribution is 14.1. The van der Waals surface area contributed by atoms with Crippen molar-refractivity contribution >= 4 is 75.0 Å². The fraction of sp³-hybridized carbons (Fsp3) is 0. The summed E-state index contributed by atoms with van der Waals surface area (Å²) in [6.07, 6.45) is 0. The third-order valence-corrected chi connectivity index (χ3v) is 4.33. The van der Waals surface area contributed by atoms with E-state index >= 15 is 0 Å². The lowest BCUT2D eigenvalue weighted by atomic mass is 10.1. The quantitative estimate of drug-likeness (QED) is 0.606. The molecule has 2 rings (SSSR count). The second-order valence-corrected chi connectivity index (χ2v) is 6.66. The number of carbonyl (C=O) groups excluding carboxylic acids is 1. The summed E-state index contributed by atoms with van der Waals surface area (Å²) < 4.78 is 0.834. The summed E-state index contributed by atoms with van der Waals surface area (Å²) in [5, 5.41) is 12.0. The topological polar surface area (TPSA) is 66.4 Å². The molecule has 2 aromatic rings. The Hall–Kier alpha value is -1.02. The molecule has 0 bridgehead atoms. The first-order valence-corrected chi connectivity index (χ1v) is 7.99. The van der Waals surface area contributed by atoms with Gasteiger partial charge in [-0.25, -0.2) is 4.79 Å². The summed E-state index contributed by atoms with van der Waals surface area (Å²) in [6.45, 7) is 0. The summed E-state index contributed by atoms with van der Waals surface area (Å²) in [5.74, 6) is -1.71. The molecule has 0 aliphatic heterocycles. The van der Waals surface area contributed by atoms with Crippen molar-refractivity contribution in [3.8, 4) is 0 Å². The van der Waals surface area contributed by atoms with E-state index in [1.807, 2.05) is 0 Å². The molecule has 8 heteroatoms. The van der Waals surface area contributed by atoms with Gasteiger partial charge in [-0.2, -0.15) is 0 Å². The van der Waals surface area contributed by atoms with Gasteiger partial charge in [0.1, 0.15) is 0 Å². The Bertz CT molecular complexity index is 780. The second-order valence-electron chi connectivity index (χ2n) is 4.20. The van der Waals surface area contributed by atoms with Crippen LogP contribution in [0.25, 0.3) is 0 Å². The van der Waals surface area contributed by atoms with Gasteiger partial charge in [0.2, 0.25) is 0 Å². The van der Waals surface area contributed by atoms with Crippen LogP contribution in [-0.2, 0) is 0 Å². The Morgan fingerprint density at radius 1 is 0.955 bits per heavy atom. The van der Waals surface area contributed by atoms with Crippen molar-refractivity contribution in [2.24, 2.45) is 0 Å². The molecule has 0 saturated heterocycles. The Labute approximate surface area is 154 Å². The van der Waals surface area contributed by atoms with E-state index in [0.29, 0.717) is 0 Å². The van der Waals surface area contributed by atoms with Gasteiger partial charge in [0, 0.05) is 3.57 Å². The zero-order valence-corrected chi connectivity index (χ0v) is 15.1.